The topological polar surface area (TPSA) is 136 Å². The summed E-state index contributed by atoms with van der Waals surface area (Å²) in [7, 11) is 0. The van der Waals surface area contributed by atoms with E-state index in [1.54, 1.807) is 72.8 Å². The van der Waals surface area contributed by atoms with E-state index >= 15 is 0 Å². The number of benzene rings is 4. The number of nitrogens with zero attached hydrogens (tertiary/aromatic N) is 4. The molecule has 0 aromatic heterocycles. The van der Waals surface area contributed by atoms with E-state index in [0.29, 0.717) is 22.3 Å². The molecule has 41 heavy (non-hydrogen) atoms. The van der Waals surface area contributed by atoms with E-state index < -0.39 is 0 Å². The van der Waals surface area contributed by atoms with Crippen molar-refractivity contribution in [3.05, 3.63) is 144 Å². The first kappa shape index (κ1) is 32.7. The van der Waals surface area contributed by atoms with Crippen LogP contribution in [0.2, 0.25) is 0 Å². The van der Waals surface area contributed by atoms with Crippen molar-refractivity contribution in [2.24, 2.45) is 31.9 Å². The predicted octanol–water partition coefficient (Wildman–Crippen LogP) is 4.27. The average Bonchev–Trinajstić information content (AvgIpc) is 2.99. The Kier molecular flexibility index (Phi) is 13.7. The van der Waals surface area contributed by atoms with Gasteiger partial charge < -0.3 is 36.7 Å². The molecule has 0 aliphatic rings. The van der Waals surface area contributed by atoms with E-state index in [4.69, 9.17) is 11.5 Å². The van der Waals surface area contributed by atoms with Crippen LogP contribution in [-0.2, 0) is 42.0 Å². The van der Waals surface area contributed by atoms with Gasteiger partial charge >= 0.3 is 16.8 Å². The zero-order chi connectivity index (χ0) is 28.7. The molecular weight excluding hydrogens is 599 g/mol. The quantitative estimate of drug-likeness (QED) is 0.0990. The summed E-state index contributed by atoms with van der Waals surface area (Å²) >= 11 is 9.32. The number of ketones is 2. The van der Waals surface area contributed by atoms with E-state index in [-0.39, 0.29) is 50.1 Å². The van der Waals surface area contributed by atoms with Crippen LogP contribution in [0.4, 0.5) is 0 Å². The third-order valence-electron chi connectivity index (χ3n) is 5.09. The van der Waals surface area contributed by atoms with Crippen molar-refractivity contribution in [2.45, 2.75) is 0 Å². The van der Waals surface area contributed by atoms with Crippen LogP contribution in [0, 0.1) is 0 Å². The van der Waals surface area contributed by atoms with Crippen LogP contribution in [-0.4, -0.2) is 33.3 Å². The van der Waals surface area contributed by atoms with Gasteiger partial charge in [0, 0.05) is 22.3 Å². The molecule has 0 unspecified atom stereocenters. The molecular formula is C30H24CoN6O2S2. The Bertz CT molecular complexity index is 1420. The number of hydrogen-bond acceptors (Lipinski definition) is 8. The summed E-state index contributed by atoms with van der Waals surface area (Å²) < 4.78 is 0. The monoisotopic (exact) mass is 623 g/mol. The second kappa shape index (κ2) is 17.2. The maximum absolute atomic E-state index is 12.5. The number of carbonyl (C=O) groups is 2. The first-order valence-corrected chi connectivity index (χ1v) is 12.6. The molecule has 1 radical (unpaired) electrons. The van der Waals surface area contributed by atoms with Crippen LogP contribution >= 0.6 is 0 Å². The maximum Gasteiger partial charge on any atom is 2.00 e. The number of amidine groups is 2. The predicted molar refractivity (Wildman–Crippen MR) is 165 cm³/mol. The summed E-state index contributed by atoms with van der Waals surface area (Å²) in [5.41, 5.74) is 13.4. The first-order valence-electron chi connectivity index (χ1n) is 11.8. The zero-order valence-corrected chi connectivity index (χ0v) is 24.1. The fourth-order valence-electron chi connectivity index (χ4n) is 3.31. The van der Waals surface area contributed by atoms with Gasteiger partial charge in [-0.25, -0.2) is 0 Å². The molecule has 0 saturated carbocycles. The molecule has 0 aliphatic heterocycles. The van der Waals surface area contributed by atoms with Crippen molar-refractivity contribution in [3.8, 4) is 0 Å². The molecule has 0 heterocycles. The van der Waals surface area contributed by atoms with E-state index in [0.717, 1.165) is 0 Å². The van der Waals surface area contributed by atoms with Crippen LogP contribution in [0.25, 0.3) is 0 Å². The SMILES string of the molecule is N/C([S-])=N/N=C(/C(=O)c1ccccc1)c1ccccc1.N/C([S-])=N/N=C(/C(=O)c1ccccc1)c1ccccc1.[Co+2]. The standard InChI is InChI=1S/2C15H13N3OS.Co/c2*16-15(20)18-17-13(11-7-3-1-4-8-11)14(19)12-9-5-2-6-10-12;/h2*1-10H,(H3,16,18,20);/q;;+2/p-2/b2*17-13+;. The molecule has 4 rings (SSSR count). The van der Waals surface area contributed by atoms with Crippen molar-refractivity contribution < 1.29 is 26.4 Å². The number of Topliss-reactive ketones (excluding diaryl/α,β-unsaturated/α-hetero) is 2. The third kappa shape index (κ3) is 10.5. The summed E-state index contributed by atoms with van der Waals surface area (Å²) in [5, 5.41) is 14.8. The molecule has 4 aromatic rings. The van der Waals surface area contributed by atoms with Crippen LogP contribution in [0.15, 0.2) is 142 Å². The van der Waals surface area contributed by atoms with Gasteiger partial charge in [0.25, 0.3) is 0 Å². The van der Waals surface area contributed by atoms with Gasteiger partial charge in [0.2, 0.25) is 11.6 Å². The fourth-order valence-corrected chi connectivity index (χ4v) is 3.39. The van der Waals surface area contributed by atoms with Crippen molar-refractivity contribution in [2.75, 3.05) is 0 Å². The molecule has 0 bridgehead atoms. The van der Waals surface area contributed by atoms with Gasteiger partial charge in [-0.05, 0) is 10.3 Å². The molecule has 0 amide bonds. The molecule has 0 spiro atoms. The van der Waals surface area contributed by atoms with Gasteiger partial charge in [0.15, 0.2) is 0 Å². The van der Waals surface area contributed by atoms with E-state index in [2.05, 4.69) is 45.7 Å². The molecule has 207 valence electrons. The zero-order valence-electron chi connectivity index (χ0n) is 21.5. The maximum atomic E-state index is 12.5. The molecule has 11 heteroatoms. The number of rotatable bonds is 8. The summed E-state index contributed by atoms with van der Waals surface area (Å²) in [4.78, 5) is 25.0. The molecule has 0 aliphatic carbocycles. The van der Waals surface area contributed by atoms with Crippen LogP contribution < -0.4 is 11.5 Å². The Labute approximate surface area is 259 Å². The molecule has 4 N–H and O–H groups in total. The largest absolute Gasteiger partial charge is 2.00 e. The average molecular weight is 624 g/mol. The molecule has 8 nitrogen and oxygen atoms in total. The fraction of sp³-hybridized carbons (Fsp3) is 0. The van der Waals surface area contributed by atoms with Crippen molar-refractivity contribution >= 4 is 58.6 Å². The van der Waals surface area contributed by atoms with Crippen molar-refractivity contribution in [3.63, 3.8) is 0 Å². The minimum atomic E-state index is -0.225. The Morgan fingerprint density at radius 2 is 0.683 bits per heavy atom. The second-order valence-corrected chi connectivity index (χ2v) is 8.73. The van der Waals surface area contributed by atoms with Gasteiger partial charge in [-0.2, -0.15) is 10.2 Å². The Balaban J connectivity index is 0.000000280. The molecule has 0 fully saturated rings. The summed E-state index contributed by atoms with van der Waals surface area (Å²) in [5.74, 6) is -0.450. The minimum Gasteiger partial charge on any atom is -0.741 e. The van der Waals surface area contributed by atoms with Crippen molar-refractivity contribution in [1.82, 2.24) is 0 Å². The second-order valence-electron chi connectivity index (χ2n) is 7.90. The summed E-state index contributed by atoms with van der Waals surface area (Å²) in [6.07, 6.45) is 0. The van der Waals surface area contributed by atoms with Gasteiger partial charge in [0.05, 0.1) is 0 Å². The number of nitrogens with two attached hydrogens (primary N) is 2. The van der Waals surface area contributed by atoms with E-state index in [1.165, 1.54) is 0 Å². The normalized spacial score (nSPS) is 11.9. The van der Waals surface area contributed by atoms with Crippen LogP contribution in [0.5, 0.6) is 0 Å². The number of carbonyl (C=O) groups excluding carboxylic acids is 2. The smallest absolute Gasteiger partial charge is 0.741 e. The van der Waals surface area contributed by atoms with Crippen LogP contribution in [0.3, 0.4) is 0 Å². The Hall–Kier alpha value is -4.55. The summed E-state index contributed by atoms with van der Waals surface area (Å²) in [6, 6.07) is 35.9. The van der Waals surface area contributed by atoms with Gasteiger partial charge in [-0.1, -0.05) is 121 Å². The molecule has 4 aromatic carbocycles. The summed E-state index contributed by atoms with van der Waals surface area (Å²) in [6.45, 7) is 0. The molecule has 0 saturated heterocycles. The van der Waals surface area contributed by atoms with Gasteiger partial charge in [-0.15, -0.1) is 10.2 Å². The van der Waals surface area contributed by atoms with Gasteiger partial charge in [-0.3, -0.25) is 9.59 Å². The Morgan fingerprint density at radius 1 is 0.439 bits per heavy atom. The minimum absolute atomic E-state index is 0. The molecule has 0 atom stereocenters. The van der Waals surface area contributed by atoms with E-state index in [9.17, 15) is 9.59 Å². The van der Waals surface area contributed by atoms with E-state index in [1.807, 2.05) is 48.5 Å². The van der Waals surface area contributed by atoms with Gasteiger partial charge in [0.1, 0.15) is 11.4 Å². The van der Waals surface area contributed by atoms with Crippen molar-refractivity contribution in [1.29, 1.82) is 0 Å². The number of hydrogen-bond donors (Lipinski definition) is 2. The Morgan fingerprint density at radius 3 is 0.927 bits per heavy atom. The first-order chi connectivity index (χ1) is 19.4. The third-order valence-corrected chi connectivity index (χ3v) is 5.26. The van der Waals surface area contributed by atoms with Crippen LogP contribution in [0.1, 0.15) is 31.8 Å².